The number of morpholine rings is 1. The molecular formula is C53H67N7O8. The molecule has 3 saturated heterocycles. The van der Waals surface area contributed by atoms with Gasteiger partial charge < -0.3 is 39.2 Å². The van der Waals surface area contributed by atoms with Crippen molar-refractivity contribution in [1.29, 1.82) is 0 Å². The zero-order chi connectivity index (χ0) is 48.4. The Morgan fingerprint density at radius 3 is 2.50 bits per heavy atom. The molecule has 8 rings (SSSR count). The number of nitrogens with zero attached hydrogens (tertiary/aromatic N) is 5. The maximum absolute atomic E-state index is 14.8. The molecule has 4 aliphatic heterocycles. The lowest BCUT2D eigenvalue weighted by atomic mass is 9.84. The third kappa shape index (κ3) is 10.0. The van der Waals surface area contributed by atoms with Gasteiger partial charge in [-0.1, -0.05) is 64.6 Å². The van der Waals surface area contributed by atoms with Crippen molar-refractivity contribution < 1.29 is 38.6 Å². The molecule has 3 fully saturated rings. The first-order valence-electron chi connectivity index (χ1n) is 24.2. The van der Waals surface area contributed by atoms with Crippen LogP contribution in [0.1, 0.15) is 65.0 Å². The predicted molar refractivity (Wildman–Crippen MR) is 261 cm³/mol. The van der Waals surface area contributed by atoms with E-state index in [9.17, 15) is 29.1 Å². The molecule has 0 radical (unpaired) electrons. The van der Waals surface area contributed by atoms with Crippen molar-refractivity contribution in [3.8, 4) is 28.1 Å². The summed E-state index contributed by atoms with van der Waals surface area (Å²) >= 11 is 0. The highest BCUT2D eigenvalue weighted by atomic mass is 16.5. The number of cyclic esters (lactones) is 1. The van der Waals surface area contributed by atoms with Crippen molar-refractivity contribution in [2.75, 3.05) is 64.5 Å². The molecule has 4 atom stereocenters. The number of aryl methyl sites for hydroxylation is 1. The molecule has 15 heteroatoms. The highest BCUT2D eigenvalue weighted by Crippen LogP contribution is 2.43. The second kappa shape index (κ2) is 20.2. The molecule has 6 bridgehead atoms. The summed E-state index contributed by atoms with van der Waals surface area (Å²) in [5.41, 5.74) is 10.3. The van der Waals surface area contributed by atoms with Gasteiger partial charge in [0.05, 0.1) is 31.4 Å². The van der Waals surface area contributed by atoms with Gasteiger partial charge in [0.25, 0.3) is 5.91 Å². The largest absolute Gasteiger partial charge is 0.508 e. The molecule has 0 spiro atoms. The Balaban J connectivity index is 1.20. The standard InChI is InChI=1S/C53H67N7O8/c1-8-46(62)58-20-18-36(31-58)50(64)56(7)47(33(3)4)49(63)54-43-27-34-25-37(28-38(61)26-34)35-16-17-45-40(29-35)41(30-53(5,6)32-68-52(66)42-14-12-19-60(55-42)51(43)65)48(59(45)9-2)39-13-10-11-15-44(39)57-21-23-67-24-22-57/h8,10-11,13,15-17,25-26,28-29,33,36,42-43,47,55,61H,1,9,12,14,18-24,27,30-32H2,2-7H3,(H,54,63)/t36-,42-,43-,47?/m0/s1. The summed E-state index contributed by atoms with van der Waals surface area (Å²) < 4.78 is 14.3. The molecule has 0 saturated carbocycles. The van der Waals surface area contributed by atoms with E-state index in [2.05, 4.69) is 90.0 Å². The number of esters is 1. The van der Waals surface area contributed by atoms with Crippen molar-refractivity contribution in [2.45, 2.75) is 91.4 Å². The third-order valence-corrected chi connectivity index (χ3v) is 14.0. The van der Waals surface area contributed by atoms with Gasteiger partial charge in [-0.15, -0.1) is 0 Å². The quantitative estimate of drug-likeness (QED) is 0.140. The minimum absolute atomic E-state index is 0.000635. The van der Waals surface area contributed by atoms with Gasteiger partial charge in [0.1, 0.15) is 23.9 Å². The number of hydrogen-bond acceptors (Lipinski definition) is 10. The minimum atomic E-state index is -1.16. The number of likely N-dealkylation sites (N-methyl/N-ethyl adjacent to an activating group) is 1. The van der Waals surface area contributed by atoms with Crippen LogP contribution >= 0.6 is 0 Å². The molecule has 3 N–H and O–H groups in total. The number of aromatic hydroxyl groups is 1. The lowest BCUT2D eigenvalue weighted by molar-refractivity contribution is -0.155. The number of nitrogens with one attached hydrogen (secondary N) is 2. The number of hydrazine groups is 1. The molecule has 68 heavy (non-hydrogen) atoms. The van der Waals surface area contributed by atoms with Crippen LogP contribution in [0.2, 0.25) is 0 Å². The molecule has 3 aromatic carbocycles. The number of amides is 4. The summed E-state index contributed by atoms with van der Waals surface area (Å²) in [6.07, 6.45) is 3.24. The molecule has 15 nitrogen and oxygen atoms in total. The Labute approximate surface area is 399 Å². The van der Waals surface area contributed by atoms with Crippen LogP contribution in [0.25, 0.3) is 33.3 Å². The van der Waals surface area contributed by atoms with Crippen molar-refractivity contribution in [1.82, 2.24) is 30.1 Å². The van der Waals surface area contributed by atoms with Crippen LogP contribution < -0.4 is 15.6 Å². The maximum Gasteiger partial charge on any atom is 0.324 e. The second-order valence-electron chi connectivity index (χ2n) is 19.9. The van der Waals surface area contributed by atoms with Crippen LogP contribution in [0.15, 0.2) is 73.3 Å². The number of anilines is 1. The average Bonchev–Trinajstić information content (AvgIpc) is 3.95. The smallest absolute Gasteiger partial charge is 0.324 e. The monoisotopic (exact) mass is 930 g/mol. The van der Waals surface area contributed by atoms with E-state index in [1.54, 1.807) is 24.1 Å². The van der Waals surface area contributed by atoms with E-state index in [1.165, 1.54) is 16.0 Å². The van der Waals surface area contributed by atoms with E-state index in [-0.39, 0.29) is 49.6 Å². The Morgan fingerprint density at radius 1 is 1.00 bits per heavy atom. The average molecular weight is 930 g/mol. The Kier molecular flexibility index (Phi) is 14.3. The number of hydrogen-bond donors (Lipinski definition) is 3. The molecule has 0 aliphatic carbocycles. The van der Waals surface area contributed by atoms with Crippen LogP contribution in [0, 0.1) is 17.3 Å². The van der Waals surface area contributed by atoms with Gasteiger partial charge in [-0.2, -0.15) is 0 Å². The van der Waals surface area contributed by atoms with Crippen LogP contribution in [0.4, 0.5) is 5.69 Å². The van der Waals surface area contributed by atoms with Gasteiger partial charge in [0.2, 0.25) is 17.7 Å². The van der Waals surface area contributed by atoms with E-state index < -0.39 is 47.2 Å². The van der Waals surface area contributed by atoms with Crippen LogP contribution in [-0.4, -0.2) is 132 Å². The van der Waals surface area contributed by atoms with Crippen LogP contribution in [0.5, 0.6) is 5.75 Å². The fourth-order valence-corrected chi connectivity index (χ4v) is 10.7. The number of rotatable bonds is 9. The molecular weight excluding hydrogens is 863 g/mol. The third-order valence-electron chi connectivity index (χ3n) is 14.0. The molecule has 4 aromatic rings. The molecule has 5 heterocycles. The van der Waals surface area contributed by atoms with Gasteiger partial charge >= 0.3 is 5.97 Å². The predicted octanol–water partition coefficient (Wildman–Crippen LogP) is 5.70. The topological polar surface area (TPSA) is 166 Å². The number of para-hydroxylation sites is 1. The molecule has 362 valence electrons. The number of phenolic OH excluding ortho intramolecular Hbond substituents is 1. The van der Waals surface area contributed by atoms with E-state index in [1.807, 2.05) is 19.9 Å². The number of carbonyl (C=O) groups excluding carboxylic acids is 5. The van der Waals surface area contributed by atoms with E-state index in [4.69, 9.17) is 9.47 Å². The number of carbonyl (C=O) groups is 5. The number of fused-ring (bicyclic) bond motifs is 6. The van der Waals surface area contributed by atoms with Gasteiger partial charge in [0.15, 0.2) is 0 Å². The molecule has 4 aliphatic rings. The highest BCUT2D eigenvalue weighted by Gasteiger charge is 2.40. The summed E-state index contributed by atoms with van der Waals surface area (Å²) in [5, 5.41) is 16.8. The van der Waals surface area contributed by atoms with Gasteiger partial charge in [-0.05, 0) is 97.2 Å². The van der Waals surface area contributed by atoms with Gasteiger partial charge in [-0.3, -0.25) is 29.0 Å². The summed E-state index contributed by atoms with van der Waals surface area (Å²) in [6, 6.07) is 17.2. The Bertz CT molecular complexity index is 2580. The minimum Gasteiger partial charge on any atom is -0.508 e. The zero-order valence-corrected chi connectivity index (χ0v) is 40.4. The van der Waals surface area contributed by atoms with Gasteiger partial charge in [-0.25, -0.2) is 5.43 Å². The lowest BCUT2D eigenvalue weighted by Crippen LogP contribution is -2.62. The second-order valence-corrected chi connectivity index (χ2v) is 19.9. The maximum atomic E-state index is 14.8. The Morgan fingerprint density at radius 2 is 1.76 bits per heavy atom. The lowest BCUT2D eigenvalue weighted by Gasteiger charge is -2.37. The van der Waals surface area contributed by atoms with Crippen molar-refractivity contribution in [3.63, 3.8) is 0 Å². The first-order valence-corrected chi connectivity index (χ1v) is 24.2. The van der Waals surface area contributed by atoms with Crippen molar-refractivity contribution in [3.05, 3.63) is 84.4 Å². The van der Waals surface area contributed by atoms with E-state index >= 15 is 0 Å². The SMILES string of the molecule is C=CC(=O)N1CC[C@H](C(=O)N(C)C(C(=O)N[C@H]2Cc3cc(O)cc(c3)-c3ccc4c(c3)c(c(-c3ccccc3N3CCOCC3)n4CC)CC(C)(C)COC(=O)[C@@H]3CCCN(N3)C2=O)C(C)C)C1. The van der Waals surface area contributed by atoms with E-state index in [0.29, 0.717) is 57.6 Å². The highest BCUT2D eigenvalue weighted by molar-refractivity contribution is 5.98. The van der Waals surface area contributed by atoms with E-state index in [0.717, 1.165) is 57.6 Å². The number of aromatic nitrogens is 1. The first-order chi connectivity index (χ1) is 32.6. The number of phenols is 1. The van der Waals surface area contributed by atoms with Crippen molar-refractivity contribution >= 4 is 46.2 Å². The fraction of sp³-hybridized carbons (Fsp3) is 0.491. The number of likely N-dealkylation sites (tertiary alicyclic amines) is 1. The summed E-state index contributed by atoms with van der Waals surface area (Å²) in [5.74, 6) is -2.80. The fourth-order valence-electron chi connectivity index (χ4n) is 10.7. The molecule has 1 unspecified atom stereocenters. The molecule has 1 aromatic heterocycles. The molecule has 4 amide bonds. The first kappa shape index (κ1) is 48.3. The summed E-state index contributed by atoms with van der Waals surface area (Å²) in [6.45, 7) is 18.2. The Hall–Kier alpha value is -6.19. The summed E-state index contributed by atoms with van der Waals surface area (Å²) in [7, 11) is 1.59. The zero-order valence-electron chi connectivity index (χ0n) is 40.4. The van der Waals surface area contributed by atoms with Gasteiger partial charge in [0, 0.05) is 80.3 Å². The van der Waals surface area contributed by atoms with Crippen molar-refractivity contribution in [2.24, 2.45) is 17.3 Å². The van der Waals surface area contributed by atoms with Crippen LogP contribution in [0.3, 0.4) is 0 Å². The number of ether oxygens (including phenoxy) is 2. The number of benzene rings is 3. The normalized spacial score (nSPS) is 21.6. The summed E-state index contributed by atoms with van der Waals surface area (Å²) in [4.78, 5) is 75.0. The van der Waals surface area contributed by atoms with Crippen LogP contribution in [-0.2, 0) is 52.8 Å².